The summed E-state index contributed by atoms with van der Waals surface area (Å²) in [6.07, 6.45) is 13.1. The number of piperidine rings is 1. The molecule has 0 amide bonds. The zero-order valence-corrected chi connectivity index (χ0v) is 11.6. The predicted molar refractivity (Wildman–Crippen MR) is 77.1 cm³/mol. The van der Waals surface area contributed by atoms with Crippen LogP contribution in [-0.4, -0.2) is 29.6 Å². The Morgan fingerprint density at radius 1 is 1.05 bits per heavy atom. The van der Waals surface area contributed by atoms with Crippen LogP contribution in [0.15, 0.2) is 12.4 Å². The van der Waals surface area contributed by atoms with Gasteiger partial charge in [-0.1, -0.05) is 12.8 Å². The Morgan fingerprint density at radius 2 is 1.68 bits per heavy atom. The summed E-state index contributed by atoms with van der Waals surface area (Å²) in [5, 5.41) is 0. The first kappa shape index (κ1) is 12.9. The van der Waals surface area contributed by atoms with E-state index in [0.29, 0.717) is 12.0 Å². The van der Waals surface area contributed by atoms with Crippen LogP contribution in [0.2, 0.25) is 0 Å². The summed E-state index contributed by atoms with van der Waals surface area (Å²) < 4.78 is 0. The van der Waals surface area contributed by atoms with Gasteiger partial charge in [-0.25, -0.2) is 9.97 Å². The smallest absolute Gasteiger partial charge is 0.225 e. The molecule has 0 unspecified atom stereocenters. The Labute approximate surface area is 115 Å². The zero-order valence-electron chi connectivity index (χ0n) is 11.6. The average molecular weight is 260 g/mol. The normalized spacial score (nSPS) is 22.1. The van der Waals surface area contributed by atoms with Crippen LogP contribution in [0, 0.1) is 5.41 Å². The molecule has 0 atom stereocenters. The van der Waals surface area contributed by atoms with E-state index in [9.17, 15) is 0 Å². The molecule has 104 valence electrons. The van der Waals surface area contributed by atoms with Crippen molar-refractivity contribution in [2.75, 3.05) is 24.5 Å². The van der Waals surface area contributed by atoms with Gasteiger partial charge in [0.1, 0.15) is 0 Å². The molecule has 19 heavy (non-hydrogen) atoms. The third-order valence-corrected chi connectivity index (χ3v) is 4.90. The highest BCUT2D eigenvalue weighted by atomic mass is 15.2. The van der Waals surface area contributed by atoms with Crippen LogP contribution < -0.4 is 10.6 Å². The Balaban J connectivity index is 1.61. The molecule has 2 aliphatic rings. The van der Waals surface area contributed by atoms with E-state index < -0.39 is 0 Å². The second-order valence-corrected chi connectivity index (χ2v) is 6.12. The summed E-state index contributed by atoms with van der Waals surface area (Å²) in [4.78, 5) is 11.3. The average Bonchev–Trinajstić information content (AvgIpc) is 2.90. The van der Waals surface area contributed by atoms with Gasteiger partial charge in [-0.2, -0.15) is 0 Å². The highest BCUT2D eigenvalue weighted by molar-refractivity contribution is 5.31. The minimum Gasteiger partial charge on any atom is -0.341 e. The Kier molecular flexibility index (Phi) is 3.69. The quantitative estimate of drug-likeness (QED) is 0.904. The first-order valence-corrected chi connectivity index (χ1v) is 7.57. The van der Waals surface area contributed by atoms with E-state index in [-0.39, 0.29) is 0 Å². The minimum absolute atomic E-state index is 0.662. The van der Waals surface area contributed by atoms with Gasteiger partial charge in [0.2, 0.25) is 5.95 Å². The summed E-state index contributed by atoms with van der Waals surface area (Å²) in [6.45, 7) is 2.90. The molecule has 0 bridgehead atoms. The molecule has 0 radical (unpaired) electrons. The molecular formula is C15H24N4. The summed E-state index contributed by atoms with van der Waals surface area (Å²) in [5.74, 6) is 0.897. The lowest BCUT2D eigenvalue weighted by Crippen LogP contribution is -2.39. The van der Waals surface area contributed by atoms with Crippen molar-refractivity contribution >= 4 is 5.95 Å². The van der Waals surface area contributed by atoms with Gasteiger partial charge in [-0.3, -0.25) is 0 Å². The first-order valence-electron chi connectivity index (χ1n) is 7.57. The lowest BCUT2D eigenvalue weighted by Gasteiger charge is -2.39. The molecular weight excluding hydrogens is 236 g/mol. The van der Waals surface area contributed by atoms with Gasteiger partial charge in [-0.15, -0.1) is 0 Å². The zero-order chi connectivity index (χ0) is 13.1. The number of aromatic nitrogens is 2. The third-order valence-electron chi connectivity index (χ3n) is 4.90. The lowest BCUT2D eigenvalue weighted by molar-refractivity contribution is 0.225. The Morgan fingerprint density at radius 3 is 2.26 bits per heavy atom. The fourth-order valence-corrected chi connectivity index (χ4v) is 3.61. The van der Waals surface area contributed by atoms with Crippen LogP contribution in [0.3, 0.4) is 0 Å². The maximum atomic E-state index is 5.54. The van der Waals surface area contributed by atoms with Gasteiger partial charge in [-0.05, 0) is 49.6 Å². The molecule has 2 N–H and O–H groups in total. The second kappa shape index (κ2) is 5.45. The number of rotatable bonds is 3. The van der Waals surface area contributed by atoms with Crippen molar-refractivity contribution in [2.24, 2.45) is 11.1 Å². The van der Waals surface area contributed by atoms with E-state index in [1.165, 1.54) is 38.5 Å². The molecule has 0 aromatic carbocycles. The molecule has 1 aromatic rings. The first-order chi connectivity index (χ1) is 9.31. The van der Waals surface area contributed by atoms with Gasteiger partial charge in [0, 0.05) is 25.5 Å². The van der Waals surface area contributed by atoms with Crippen molar-refractivity contribution in [1.29, 1.82) is 0 Å². The van der Waals surface area contributed by atoms with E-state index in [0.717, 1.165) is 31.0 Å². The van der Waals surface area contributed by atoms with E-state index in [2.05, 4.69) is 14.9 Å². The maximum Gasteiger partial charge on any atom is 0.225 e. The molecule has 1 spiro atoms. The second-order valence-electron chi connectivity index (χ2n) is 6.12. The largest absolute Gasteiger partial charge is 0.341 e. The lowest BCUT2D eigenvalue weighted by atomic mass is 9.77. The molecule has 4 nitrogen and oxygen atoms in total. The van der Waals surface area contributed by atoms with Crippen LogP contribution in [-0.2, 0) is 6.42 Å². The van der Waals surface area contributed by atoms with Crippen molar-refractivity contribution in [2.45, 2.75) is 44.9 Å². The topological polar surface area (TPSA) is 55.0 Å². The van der Waals surface area contributed by atoms with E-state index >= 15 is 0 Å². The summed E-state index contributed by atoms with van der Waals surface area (Å²) in [6, 6.07) is 0. The number of anilines is 1. The number of hydrogen-bond donors (Lipinski definition) is 1. The van der Waals surface area contributed by atoms with E-state index in [1.807, 2.05) is 12.4 Å². The molecule has 2 heterocycles. The van der Waals surface area contributed by atoms with Crippen LogP contribution in [0.25, 0.3) is 0 Å². The summed E-state index contributed by atoms with van der Waals surface area (Å²) in [5.41, 5.74) is 7.34. The van der Waals surface area contributed by atoms with E-state index in [4.69, 9.17) is 5.73 Å². The number of hydrogen-bond acceptors (Lipinski definition) is 4. The number of nitrogens with zero attached hydrogens (tertiary/aromatic N) is 3. The molecule has 1 aliphatic carbocycles. The fourth-order valence-electron chi connectivity index (χ4n) is 3.61. The SMILES string of the molecule is NCCc1cnc(N2CCC3(CCCC3)CC2)nc1. The molecule has 4 heteroatoms. The predicted octanol–water partition coefficient (Wildman–Crippen LogP) is 2.14. The Bertz CT molecular complexity index is 399. The standard InChI is InChI=1S/C15H24N4/c16-8-3-13-11-17-14(18-12-13)19-9-6-15(7-10-19)4-1-2-5-15/h11-12H,1-10,16H2. The molecule has 1 saturated heterocycles. The summed E-state index contributed by atoms with van der Waals surface area (Å²) in [7, 11) is 0. The van der Waals surface area contributed by atoms with Gasteiger partial charge >= 0.3 is 0 Å². The molecule has 1 saturated carbocycles. The monoisotopic (exact) mass is 260 g/mol. The molecule has 3 rings (SSSR count). The van der Waals surface area contributed by atoms with Crippen LogP contribution in [0.4, 0.5) is 5.95 Å². The van der Waals surface area contributed by atoms with E-state index in [1.54, 1.807) is 0 Å². The highest BCUT2D eigenvalue weighted by Gasteiger charge is 2.37. The number of nitrogens with two attached hydrogens (primary N) is 1. The van der Waals surface area contributed by atoms with Crippen LogP contribution >= 0.6 is 0 Å². The minimum atomic E-state index is 0.662. The Hall–Kier alpha value is -1.16. The van der Waals surface area contributed by atoms with Gasteiger partial charge in [0.25, 0.3) is 0 Å². The fraction of sp³-hybridized carbons (Fsp3) is 0.733. The van der Waals surface area contributed by atoms with Crippen molar-refractivity contribution < 1.29 is 0 Å². The van der Waals surface area contributed by atoms with Gasteiger partial charge in [0.05, 0.1) is 0 Å². The maximum absolute atomic E-state index is 5.54. The summed E-state index contributed by atoms with van der Waals surface area (Å²) >= 11 is 0. The molecule has 1 aromatic heterocycles. The third kappa shape index (κ3) is 2.73. The van der Waals surface area contributed by atoms with Crippen molar-refractivity contribution in [1.82, 2.24) is 9.97 Å². The van der Waals surface area contributed by atoms with Crippen LogP contribution in [0.1, 0.15) is 44.1 Å². The van der Waals surface area contributed by atoms with Gasteiger partial charge in [0.15, 0.2) is 0 Å². The van der Waals surface area contributed by atoms with Crippen molar-refractivity contribution in [3.63, 3.8) is 0 Å². The molecule has 2 fully saturated rings. The molecule has 1 aliphatic heterocycles. The van der Waals surface area contributed by atoms with Crippen molar-refractivity contribution in [3.8, 4) is 0 Å². The highest BCUT2D eigenvalue weighted by Crippen LogP contribution is 2.46. The van der Waals surface area contributed by atoms with Crippen molar-refractivity contribution in [3.05, 3.63) is 18.0 Å². The van der Waals surface area contributed by atoms with Gasteiger partial charge < -0.3 is 10.6 Å². The van der Waals surface area contributed by atoms with Crippen LogP contribution in [0.5, 0.6) is 0 Å².